The standard InChI is InChI=1S/C13H19N3.C12H6F3NO/c1-9-5-10(7-11(14)6-9)12-3-4-16-8-13(12)15-2;13-7-1-3-10(14)9(5-7)12-11(15)4-2-8(6-17)16-12/h3-4,6,8,10-11,15H,5,7,14H2,1-2H3;1-6H. The van der Waals surface area contributed by atoms with Gasteiger partial charge in [-0.05, 0) is 67.6 Å². The van der Waals surface area contributed by atoms with Crippen LogP contribution in [-0.2, 0) is 0 Å². The van der Waals surface area contributed by atoms with Gasteiger partial charge in [0.25, 0.3) is 0 Å². The Morgan fingerprint density at radius 1 is 1.12 bits per heavy atom. The van der Waals surface area contributed by atoms with Gasteiger partial charge in [0, 0.05) is 24.8 Å². The number of anilines is 1. The van der Waals surface area contributed by atoms with E-state index in [2.05, 4.69) is 34.4 Å². The first-order chi connectivity index (χ1) is 15.8. The van der Waals surface area contributed by atoms with E-state index >= 15 is 0 Å². The van der Waals surface area contributed by atoms with Gasteiger partial charge >= 0.3 is 0 Å². The molecule has 0 saturated carbocycles. The fourth-order valence-electron chi connectivity index (χ4n) is 3.90. The van der Waals surface area contributed by atoms with Crippen molar-refractivity contribution in [2.75, 3.05) is 12.4 Å². The highest BCUT2D eigenvalue weighted by molar-refractivity contribution is 5.74. The molecule has 0 amide bonds. The summed E-state index contributed by atoms with van der Waals surface area (Å²) in [6, 6.07) is 7.05. The van der Waals surface area contributed by atoms with E-state index in [1.54, 1.807) is 0 Å². The molecule has 33 heavy (non-hydrogen) atoms. The highest BCUT2D eigenvalue weighted by Crippen LogP contribution is 2.35. The molecule has 8 heteroatoms. The maximum absolute atomic E-state index is 13.4. The number of allylic oxidation sites excluding steroid dienone is 1. The van der Waals surface area contributed by atoms with Crippen molar-refractivity contribution in [1.82, 2.24) is 9.97 Å². The Kier molecular flexibility index (Phi) is 7.95. The van der Waals surface area contributed by atoms with Crippen LogP contribution in [0.25, 0.3) is 11.3 Å². The molecule has 2 aromatic heterocycles. The van der Waals surface area contributed by atoms with Crippen molar-refractivity contribution in [1.29, 1.82) is 0 Å². The average Bonchev–Trinajstić information content (AvgIpc) is 2.81. The van der Waals surface area contributed by atoms with Crippen molar-refractivity contribution in [3.05, 3.63) is 89.2 Å². The molecule has 1 aliphatic carbocycles. The zero-order chi connectivity index (χ0) is 24.0. The van der Waals surface area contributed by atoms with Gasteiger partial charge in [0.15, 0.2) is 6.29 Å². The summed E-state index contributed by atoms with van der Waals surface area (Å²) in [6.07, 6.45) is 8.45. The summed E-state index contributed by atoms with van der Waals surface area (Å²) >= 11 is 0. The number of aldehydes is 1. The van der Waals surface area contributed by atoms with Crippen molar-refractivity contribution in [3.63, 3.8) is 0 Å². The largest absolute Gasteiger partial charge is 0.387 e. The lowest BCUT2D eigenvalue weighted by Crippen LogP contribution is -2.25. The van der Waals surface area contributed by atoms with E-state index in [0.29, 0.717) is 12.2 Å². The van der Waals surface area contributed by atoms with Gasteiger partial charge in [-0.2, -0.15) is 0 Å². The van der Waals surface area contributed by atoms with E-state index < -0.39 is 17.5 Å². The van der Waals surface area contributed by atoms with Crippen LogP contribution in [0.2, 0.25) is 0 Å². The molecule has 2 atom stereocenters. The minimum Gasteiger partial charge on any atom is -0.387 e. The Labute approximate surface area is 190 Å². The molecule has 0 bridgehead atoms. The van der Waals surface area contributed by atoms with Crippen molar-refractivity contribution in [3.8, 4) is 11.3 Å². The van der Waals surface area contributed by atoms with E-state index in [1.807, 2.05) is 19.4 Å². The predicted molar refractivity (Wildman–Crippen MR) is 122 cm³/mol. The number of nitrogens with two attached hydrogens (primary N) is 1. The fraction of sp³-hybridized carbons (Fsp3) is 0.240. The van der Waals surface area contributed by atoms with Gasteiger partial charge in [-0.3, -0.25) is 9.78 Å². The highest BCUT2D eigenvalue weighted by Gasteiger charge is 2.22. The molecule has 0 saturated heterocycles. The third kappa shape index (κ3) is 6.04. The topological polar surface area (TPSA) is 80.9 Å². The molecule has 3 aromatic rings. The lowest BCUT2D eigenvalue weighted by molar-refractivity contribution is 0.111. The molecule has 0 radical (unpaired) electrons. The number of nitrogens with one attached hydrogen (secondary N) is 1. The van der Waals surface area contributed by atoms with Gasteiger partial charge in [0.2, 0.25) is 0 Å². The summed E-state index contributed by atoms with van der Waals surface area (Å²) in [4.78, 5) is 18.3. The Morgan fingerprint density at radius 3 is 2.58 bits per heavy atom. The zero-order valence-electron chi connectivity index (χ0n) is 18.4. The number of carbonyl (C=O) groups excluding carboxylic acids is 1. The number of benzene rings is 1. The van der Waals surface area contributed by atoms with Gasteiger partial charge in [-0.1, -0.05) is 11.6 Å². The Balaban J connectivity index is 0.000000186. The number of rotatable bonds is 4. The van der Waals surface area contributed by atoms with E-state index in [0.717, 1.165) is 48.9 Å². The molecular weight excluding hydrogens is 429 g/mol. The third-order valence-electron chi connectivity index (χ3n) is 5.36. The van der Waals surface area contributed by atoms with Crippen molar-refractivity contribution < 1.29 is 18.0 Å². The van der Waals surface area contributed by atoms with Crippen LogP contribution in [0.4, 0.5) is 18.9 Å². The second-order valence-electron chi connectivity index (χ2n) is 7.84. The number of pyridine rings is 2. The number of aromatic nitrogens is 2. The van der Waals surface area contributed by atoms with E-state index in [9.17, 15) is 18.0 Å². The average molecular weight is 454 g/mol. The van der Waals surface area contributed by atoms with Crippen LogP contribution in [0, 0.1) is 17.5 Å². The lowest BCUT2D eigenvalue weighted by atomic mass is 9.82. The smallest absolute Gasteiger partial charge is 0.168 e. The number of nitrogens with zero attached hydrogens (tertiary/aromatic N) is 2. The Bertz CT molecular complexity index is 1170. The normalized spacial score (nSPS) is 17.5. The molecule has 5 nitrogen and oxygen atoms in total. The van der Waals surface area contributed by atoms with Gasteiger partial charge < -0.3 is 11.1 Å². The maximum atomic E-state index is 13.4. The monoisotopic (exact) mass is 454 g/mol. The van der Waals surface area contributed by atoms with Crippen LogP contribution in [0.5, 0.6) is 0 Å². The molecule has 1 aliphatic rings. The second-order valence-corrected chi connectivity index (χ2v) is 7.84. The van der Waals surface area contributed by atoms with Gasteiger partial charge in [-0.15, -0.1) is 0 Å². The second kappa shape index (κ2) is 10.9. The summed E-state index contributed by atoms with van der Waals surface area (Å²) in [5.74, 6) is -1.81. The summed E-state index contributed by atoms with van der Waals surface area (Å²) in [5, 5.41) is 3.20. The quantitative estimate of drug-likeness (QED) is 0.416. The van der Waals surface area contributed by atoms with Crippen LogP contribution < -0.4 is 11.1 Å². The molecule has 4 rings (SSSR count). The molecule has 2 unspecified atom stereocenters. The van der Waals surface area contributed by atoms with Crippen LogP contribution in [-0.4, -0.2) is 29.3 Å². The molecule has 3 N–H and O–H groups in total. The number of hydrogen-bond acceptors (Lipinski definition) is 5. The fourth-order valence-corrected chi connectivity index (χ4v) is 3.90. The molecule has 0 spiro atoms. The van der Waals surface area contributed by atoms with Crippen LogP contribution in [0.15, 0.2) is 60.4 Å². The van der Waals surface area contributed by atoms with Gasteiger partial charge in [0.1, 0.15) is 28.8 Å². The Hall–Kier alpha value is -3.52. The highest BCUT2D eigenvalue weighted by atomic mass is 19.1. The predicted octanol–water partition coefficient (Wildman–Crippen LogP) is 5.25. The number of hydrogen-bond donors (Lipinski definition) is 2. The molecule has 1 aromatic carbocycles. The summed E-state index contributed by atoms with van der Waals surface area (Å²) in [7, 11) is 1.94. The first-order valence-corrected chi connectivity index (χ1v) is 10.4. The molecule has 2 heterocycles. The van der Waals surface area contributed by atoms with Crippen molar-refractivity contribution in [2.45, 2.75) is 31.7 Å². The third-order valence-corrected chi connectivity index (χ3v) is 5.36. The minimum absolute atomic E-state index is 0.0509. The van der Waals surface area contributed by atoms with E-state index in [-0.39, 0.29) is 23.0 Å². The Morgan fingerprint density at radius 2 is 1.88 bits per heavy atom. The first kappa shape index (κ1) is 24.1. The summed E-state index contributed by atoms with van der Waals surface area (Å²) in [5.41, 5.74) is 9.13. The minimum atomic E-state index is -0.819. The zero-order valence-corrected chi connectivity index (χ0v) is 18.4. The van der Waals surface area contributed by atoms with Crippen molar-refractivity contribution >= 4 is 12.0 Å². The van der Waals surface area contributed by atoms with Crippen LogP contribution in [0.1, 0.15) is 41.7 Å². The molecular formula is C25H25F3N4O. The van der Waals surface area contributed by atoms with Gasteiger partial charge in [0.05, 0.1) is 11.9 Å². The number of carbonyl (C=O) groups is 1. The molecule has 0 fully saturated rings. The maximum Gasteiger partial charge on any atom is 0.168 e. The van der Waals surface area contributed by atoms with Crippen LogP contribution >= 0.6 is 0 Å². The van der Waals surface area contributed by atoms with Gasteiger partial charge in [-0.25, -0.2) is 18.2 Å². The van der Waals surface area contributed by atoms with E-state index in [4.69, 9.17) is 5.73 Å². The first-order valence-electron chi connectivity index (χ1n) is 10.4. The van der Waals surface area contributed by atoms with Crippen LogP contribution in [0.3, 0.4) is 0 Å². The summed E-state index contributed by atoms with van der Waals surface area (Å²) < 4.78 is 39.8. The number of halogens is 3. The molecule has 0 aliphatic heterocycles. The SMILES string of the molecule is CNc1cnccc1C1CC(C)=CC(N)C1.O=Cc1ccc(F)c(-c2cc(F)ccc2F)n1. The van der Waals surface area contributed by atoms with Crippen molar-refractivity contribution in [2.24, 2.45) is 5.73 Å². The lowest BCUT2D eigenvalue weighted by Gasteiger charge is -2.27. The molecule has 172 valence electrons. The van der Waals surface area contributed by atoms with E-state index in [1.165, 1.54) is 11.1 Å². The summed E-state index contributed by atoms with van der Waals surface area (Å²) in [6.45, 7) is 2.16.